The zero-order chi connectivity index (χ0) is 28.8. The van der Waals surface area contributed by atoms with Gasteiger partial charge in [-0.15, -0.1) is 0 Å². The molecular formula is C30H40O9. The number of hydrogen-bond donors (Lipinski definition) is 4. The molecule has 1 heterocycles. The number of fused-ring (bicyclic) bond motifs is 5. The molecule has 1 aliphatic heterocycles. The van der Waals surface area contributed by atoms with Crippen molar-refractivity contribution in [3.05, 3.63) is 34.9 Å². The number of allylic oxidation sites excluding steroid dienone is 4. The molecule has 0 unspecified atom stereocenters. The van der Waals surface area contributed by atoms with Gasteiger partial charge in [0.05, 0.1) is 16.9 Å². The van der Waals surface area contributed by atoms with E-state index in [1.807, 2.05) is 19.1 Å². The normalized spacial score (nSPS) is 45.0. The third-order valence-electron chi connectivity index (χ3n) is 11.3. The largest absolute Gasteiger partial charge is 0.465 e. The summed E-state index contributed by atoms with van der Waals surface area (Å²) in [6, 6.07) is 0. The Morgan fingerprint density at radius 1 is 1.23 bits per heavy atom. The second-order valence-corrected chi connectivity index (χ2v) is 12.8. The van der Waals surface area contributed by atoms with Crippen molar-refractivity contribution < 1.29 is 44.3 Å². The first kappa shape index (κ1) is 28.2. The minimum absolute atomic E-state index is 0.0627. The monoisotopic (exact) mass is 544 g/mol. The first-order valence-electron chi connectivity index (χ1n) is 13.8. The Morgan fingerprint density at radius 2 is 1.92 bits per heavy atom. The maximum absolute atomic E-state index is 13.3. The smallest absolute Gasteiger partial charge is 0.334 e. The van der Waals surface area contributed by atoms with Gasteiger partial charge in [0, 0.05) is 25.3 Å². The highest BCUT2D eigenvalue weighted by Crippen LogP contribution is 2.70. The highest BCUT2D eigenvalue weighted by Gasteiger charge is 2.81. The number of rotatable bonds is 4. The lowest BCUT2D eigenvalue weighted by molar-refractivity contribution is -0.298. The summed E-state index contributed by atoms with van der Waals surface area (Å²) in [5, 5.41) is 49.0. The SMILES string of the molecule is CC(=O)OC[C@]12CC[C@H]3[C@@H](CC=C4CC=CC(=O)[C@@]43C)[C@]1(O)[C@@H](O)C[C@@]2(O)[C@@](C)(O)[C@H]1CC(C)=C(C)C(=O)O1. The van der Waals surface area contributed by atoms with Crippen LogP contribution in [0.2, 0.25) is 0 Å². The Balaban J connectivity index is 1.64. The molecule has 0 radical (unpaired) electrons. The predicted octanol–water partition coefficient (Wildman–Crippen LogP) is 2.06. The molecule has 5 rings (SSSR count). The summed E-state index contributed by atoms with van der Waals surface area (Å²) in [4.78, 5) is 37.9. The van der Waals surface area contributed by atoms with Gasteiger partial charge in [-0.05, 0) is 71.3 Å². The number of esters is 2. The van der Waals surface area contributed by atoms with Gasteiger partial charge < -0.3 is 29.9 Å². The van der Waals surface area contributed by atoms with Crippen molar-refractivity contribution in [1.29, 1.82) is 0 Å². The fourth-order valence-corrected chi connectivity index (χ4v) is 8.72. The van der Waals surface area contributed by atoms with Crippen molar-refractivity contribution in [2.24, 2.45) is 22.7 Å². The Morgan fingerprint density at radius 3 is 2.56 bits per heavy atom. The van der Waals surface area contributed by atoms with Crippen LogP contribution in [0.25, 0.3) is 0 Å². The van der Waals surface area contributed by atoms with Gasteiger partial charge in [0.25, 0.3) is 0 Å². The van der Waals surface area contributed by atoms with Crippen molar-refractivity contribution >= 4 is 17.7 Å². The lowest BCUT2D eigenvalue weighted by Gasteiger charge is -2.63. The lowest BCUT2D eigenvalue weighted by atomic mass is 9.44. The van der Waals surface area contributed by atoms with Crippen LogP contribution in [0.5, 0.6) is 0 Å². The van der Waals surface area contributed by atoms with Gasteiger partial charge in [0.1, 0.15) is 29.5 Å². The van der Waals surface area contributed by atoms with Gasteiger partial charge in [-0.2, -0.15) is 0 Å². The van der Waals surface area contributed by atoms with Crippen LogP contribution >= 0.6 is 0 Å². The summed E-state index contributed by atoms with van der Waals surface area (Å²) >= 11 is 0. The van der Waals surface area contributed by atoms with E-state index in [9.17, 15) is 34.8 Å². The van der Waals surface area contributed by atoms with Gasteiger partial charge in [0.15, 0.2) is 5.78 Å². The van der Waals surface area contributed by atoms with Gasteiger partial charge in [-0.1, -0.05) is 23.3 Å². The van der Waals surface area contributed by atoms with E-state index in [2.05, 4.69) is 0 Å². The average molecular weight is 545 g/mol. The van der Waals surface area contributed by atoms with E-state index in [1.165, 1.54) is 13.8 Å². The van der Waals surface area contributed by atoms with E-state index < -0.39 is 70.7 Å². The third-order valence-corrected chi connectivity index (χ3v) is 11.3. The maximum atomic E-state index is 13.3. The quantitative estimate of drug-likeness (QED) is 0.308. The number of carbonyl (C=O) groups excluding carboxylic acids is 3. The number of ether oxygens (including phenoxy) is 2. The molecule has 9 heteroatoms. The third kappa shape index (κ3) is 3.42. The molecule has 214 valence electrons. The Kier molecular flexibility index (Phi) is 6.39. The van der Waals surface area contributed by atoms with Crippen molar-refractivity contribution in [3.8, 4) is 0 Å². The molecule has 2 saturated carbocycles. The summed E-state index contributed by atoms with van der Waals surface area (Å²) < 4.78 is 11.1. The van der Waals surface area contributed by atoms with Crippen LogP contribution in [0.1, 0.15) is 73.1 Å². The van der Waals surface area contributed by atoms with Crippen LogP contribution < -0.4 is 0 Å². The van der Waals surface area contributed by atoms with Crippen LogP contribution in [0.4, 0.5) is 0 Å². The molecule has 0 aromatic rings. The van der Waals surface area contributed by atoms with Crippen LogP contribution in [-0.2, 0) is 23.9 Å². The molecule has 0 amide bonds. The van der Waals surface area contributed by atoms with Crippen LogP contribution in [0, 0.1) is 22.7 Å². The standard InChI is InChI=1S/C30H40O9/c1-16-13-24(39-25(34)17(16)2)27(5,35)29(36)14-23(33)30(37)21-10-9-19-7-6-8-22(32)26(19,4)20(21)11-12-28(29,30)15-38-18(3)31/h6,8-9,20-21,23-24,33,35-37H,7,10-15H2,1-5H3/t20-,21+,23-,24+,26-,27-,28-,29+,30-/m0/s1. The van der Waals surface area contributed by atoms with Crippen molar-refractivity contribution in [1.82, 2.24) is 0 Å². The molecule has 0 saturated heterocycles. The first-order chi connectivity index (χ1) is 18.1. The van der Waals surface area contributed by atoms with E-state index in [0.717, 1.165) is 5.57 Å². The molecule has 39 heavy (non-hydrogen) atoms. The number of aliphatic hydroxyl groups is 4. The first-order valence-corrected chi connectivity index (χ1v) is 13.8. The van der Waals surface area contributed by atoms with Crippen molar-refractivity contribution in [3.63, 3.8) is 0 Å². The average Bonchev–Trinajstić information content (AvgIpc) is 3.05. The molecule has 0 spiro atoms. The van der Waals surface area contributed by atoms with E-state index in [4.69, 9.17) is 9.47 Å². The second kappa shape index (κ2) is 8.83. The van der Waals surface area contributed by atoms with Gasteiger partial charge >= 0.3 is 11.9 Å². The summed E-state index contributed by atoms with van der Waals surface area (Å²) in [5.41, 5.74) is -6.84. The molecule has 9 atom stereocenters. The van der Waals surface area contributed by atoms with Crippen LogP contribution in [-0.4, -0.2) is 73.8 Å². The van der Waals surface area contributed by atoms with Gasteiger partial charge in [-0.3, -0.25) is 9.59 Å². The van der Waals surface area contributed by atoms with Crippen molar-refractivity contribution in [2.45, 2.75) is 102 Å². The van der Waals surface area contributed by atoms with Crippen molar-refractivity contribution in [2.75, 3.05) is 6.61 Å². The molecule has 4 aliphatic carbocycles. The minimum Gasteiger partial charge on any atom is -0.465 e. The van der Waals surface area contributed by atoms with E-state index in [-0.39, 0.29) is 24.5 Å². The number of hydrogen-bond acceptors (Lipinski definition) is 9. The molecule has 2 fully saturated rings. The van der Waals surface area contributed by atoms with Crippen LogP contribution in [0.15, 0.2) is 34.9 Å². The Bertz CT molecular complexity index is 1210. The zero-order valence-corrected chi connectivity index (χ0v) is 23.3. The Labute approximate surface area is 228 Å². The summed E-state index contributed by atoms with van der Waals surface area (Å²) in [6.45, 7) is 7.38. The molecule has 4 N–H and O–H groups in total. The molecule has 0 aromatic heterocycles. The van der Waals surface area contributed by atoms with E-state index in [1.54, 1.807) is 19.9 Å². The molecular weight excluding hydrogens is 504 g/mol. The molecule has 5 aliphatic rings. The fourth-order valence-electron chi connectivity index (χ4n) is 8.72. The highest BCUT2D eigenvalue weighted by molar-refractivity contribution is 5.98. The summed E-state index contributed by atoms with van der Waals surface area (Å²) in [5.74, 6) is -2.31. The summed E-state index contributed by atoms with van der Waals surface area (Å²) in [7, 11) is 0. The minimum atomic E-state index is -2.22. The fraction of sp³-hybridized carbons (Fsp3) is 0.700. The van der Waals surface area contributed by atoms with E-state index >= 15 is 0 Å². The van der Waals surface area contributed by atoms with Crippen LogP contribution in [0.3, 0.4) is 0 Å². The van der Waals surface area contributed by atoms with Gasteiger partial charge in [0.2, 0.25) is 0 Å². The molecule has 0 bridgehead atoms. The zero-order valence-electron chi connectivity index (χ0n) is 23.3. The molecule has 0 aromatic carbocycles. The lowest BCUT2D eigenvalue weighted by Crippen LogP contribution is -2.75. The van der Waals surface area contributed by atoms with E-state index in [0.29, 0.717) is 30.4 Å². The number of aliphatic hydroxyl groups excluding tert-OH is 1. The predicted molar refractivity (Wildman–Crippen MR) is 139 cm³/mol. The molecule has 9 nitrogen and oxygen atoms in total. The number of cyclic esters (lactones) is 1. The maximum Gasteiger partial charge on any atom is 0.334 e. The highest BCUT2D eigenvalue weighted by atomic mass is 16.6. The topological polar surface area (TPSA) is 151 Å². The van der Waals surface area contributed by atoms with Gasteiger partial charge in [-0.25, -0.2) is 4.79 Å². The second-order valence-electron chi connectivity index (χ2n) is 12.8. The Hall–Kier alpha value is -2.33. The summed E-state index contributed by atoms with van der Waals surface area (Å²) in [6.07, 6.45) is 3.83. The number of ketones is 1. The number of carbonyl (C=O) groups is 3.